The van der Waals surface area contributed by atoms with Crippen LogP contribution in [0, 0.1) is 0 Å². The maximum atomic E-state index is 11.4. The molecule has 0 fully saturated rings. The van der Waals surface area contributed by atoms with Gasteiger partial charge in [0.15, 0.2) is 0 Å². The highest BCUT2D eigenvalue weighted by Gasteiger charge is 2.12. The molecule has 170 valence electrons. The summed E-state index contributed by atoms with van der Waals surface area (Å²) in [4.78, 5) is 26.0. The summed E-state index contributed by atoms with van der Waals surface area (Å²) in [6.07, 6.45) is 1.49. The van der Waals surface area contributed by atoms with Crippen molar-refractivity contribution in [3.8, 4) is 11.5 Å². The van der Waals surface area contributed by atoms with Crippen LogP contribution in [-0.4, -0.2) is 46.0 Å². The number of aromatic nitrogens is 3. The third-order valence-corrected chi connectivity index (χ3v) is 5.83. The molecule has 0 saturated carbocycles. The first-order chi connectivity index (χ1) is 16.0. The quantitative estimate of drug-likeness (QED) is 0.361. The molecule has 0 radical (unpaired) electrons. The van der Waals surface area contributed by atoms with Crippen molar-refractivity contribution < 1.29 is 14.3 Å². The van der Waals surface area contributed by atoms with E-state index in [2.05, 4.69) is 20.3 Å². The molecule has 4 aromatic rings. The van der Waals surface area contributed by atoms with E-state index in [1.807, 2.05) is 29.6 Å². The number of nitrogens with one attached hydrogen (secondary N) is 1. The molecule has 1 amide bonds. The van der Waals surface area contributed by atoms with Crippen LogP contribution in [0.2, 0.25) is 5.02 Å². The van der Waals surface area contributed by atoms with Gasteiger partial charge in [-0.2, -0.15) is 0 Å². The number of anilines is 2. The molecule has 1 N–H and O–H groups in total. The highest BCUT2D eigenvalue weighted by Crippen LogP contribution is 2.34. The summed E-state index contributed by atoms with van der Waals surface area (Å²) in [7, 11) is 1.74. The van der Waals surface area contributed by atoms with Crippen molar-refractivity contribution in [2.75, 3.05) is 25.5 Å². The molecule has 0 unspecified atom stereocenters. The van der Waals surface area contributed by atoms with Gasteiger partial charge < -0.3 is 19.7 Å². The molecule has 10 heteroatoms. The minimum absolute atomic E-state index is 0.0156. The molecule has 33 heavy (non-hydrogen) atoms. The summed E-state index contributed by atoms with van der Waals surface area (Å²) in [6.45, 7) is 2.70. The highest BCUT2D eigenvalue weighted by atomic mass is 35.5. The Morgan fingerprint density at radius 3 is 2.79 bits per heavy atom. The Hall–Kier alpha value is -3.43. The first-order valence-corrected chi connectivity index (χ1v) is 11.5. The van der Waals surface area contributed by atoms with Gasteiger partial charge in [-0.05, 0) is 30.3 Å². The molecule has 0 atom stereocenters. The van der Waals surface area contributed by atoms with Crippen molar-refractivity contribution in [2.24, 2.45) is 0 Å². The predicted molar refractivity (Wildman–Crippen MR) is 130 cm³/mol. The molecule has 0 spiro atoms. The predicted octanol–water partition coefficient (Wildman–Crippen LogP) is 4.92. The number of halogens is 1. The van der Waals surface area contributed by atoms with Crippen molar-refractivity contribution in [3.63, 3.8) is 0 Å². The Bertz CT molecular complexity index is 1250. The van der Waals surface area contributed by atoms with Crippen LogP contribution in [0.1, 0.15) is 12.6 Å². The second-order valence-corrected chi connectivity index (χ2v) is 8.33. The number of hydrogen-bond donors (Lipinski definition) is 1. The largest absolute Gasteiger partial charge is 0.491 e. The van der Waals surface area contributed by atoms with E-state index in [-0.39, 0.29) is 5.91 Å². The van der Waals surface area contributed by atoms with E-state index in [1.165, 1.54) is 24.6 Å². The number of fused-ring (bicyclic) bond motifs is 1. The second kappa shape index (κ2) is 10.5. The van der Waals surface area contributed by atoms with Crippen molar-refractivity contribution in [1.29, 1.82) is 0 Å². The molecule has 0 aliphatic heterocycles. The minimum Gasteiger partial charge on any atom is -0.491 e. The van der Waals surface area contributed by atoms with E-state index < -0.39 is 0 Å². The molecular weight excluding hydrogens is 462 g/mol. The van der Waals surface area contributed by atoms with Gasteiger partial charge in [-0.1, -0.05) is 17.7 Å². The molecule has 8 nitrogen and oxygen atoms in total. The second-order valence-electron chi connectivity index (χ2n) is 7.20. The number of rotatable bonds is 9. The first kappa shape index (κ1) is 22.8. The normalized spacial score (nSPS) is 10.8. The lowest BCUT2D eigenvalue weighted by atomic mass is 10.2. The first-order valence-electron chi connectivity index (χ1n) is 10.2. The summed E-state index contributed by atoms with van der Waals surface area (Å²) in [5, 5.41) is 6.44. The van der Waals surface area contributed by atoms with E-state index >= 15 is 0 Å². The lowest BCUT2D eigenvalue weighted by molar-refractivity contribution is -0.127. The van der Waals surface area contributed by atoms with Gasteiger partial charge in [-0.25, -0.2) is 15.0 Å². The van der Waals surface area contributed by atoms with E-state index in [0.29, 0.717) is 42.1 Å². The van der Waals surface area contributed by atoms with Crippen molar-refractivity contribution >= 4 is 51.3 Å². The van der Waals surface area contributed by atoms with Crippen molar-refractivity contribution in [1.82, 2.24) is 19.9 Å². The Labute approximate surface area is 200 Å². The zero-order valence-corrected chi connectivity index (χ0v) is 19.7. The summed E-state index contributed by atoms with van der Waals surface area (Å²) < 4.78 is 11.7. The van der Waals surface area contributed by atoms with Gasteiger partial charge >= 0.3 is 0 Å². The fraction of sp³-hybridized carbons (Fsp3) is 0.217. The summed E-state index contributed by atoms with van der Waals surface area (Å²) >= 11 is 7.95. The van der Waals surface area contributed by atoms with Gasteiger partial charge in [-0.3, -0.25) is 4.79 Å². The number of ether oxygens (including phenoxy) is 2. The third kappa shape index (κ3) is 5.68. The smallest absolute Gasteiger partial charge is 0.219 e. The topological polar surface area (TPSA) is 89.5 Å². The van der Waals surface area contributed by atoms with Crippen molar-refractivity contribution in [3.05, 3.63) is 64.3 Å². The van der Waals surface area contributed by atoms with Crippen LogP contribution in [0.4, 0.5) is 11.5 Å². The molecule has 2 heterocycles. The average molecular weight is 484 g/mol. The van der Waals surface area contributed by atoms with E-state index in [4.69, 9.17) is 21.1 Å². The molecule has 0 aliphatic rings. The average Bonchev–Trinajstić information content (AvgIpc) is 3.32. The number of carbonyl (C=O) groups is 1. The van der Waals surface area contributed by atoms with Crippen LogP contribution in [0.15, 0.2) is 53.6 Å². The Morgan fingerprint density at radius 1 is 1.15 bits per heavy atom. The van der Waals surface area contributed by atoms with E-state index in [9.17, 15) is 4.79 Å². The van der Waals surface area contributed by atoms with Crippen LogP contribution in [0.5, 0.6) is 11.5 Å². The maximum absolute atomic E-state index is 11.4. The number of amides is 1. The van der Waals surface area contributed by atoms with Crippen LogP contribution in [0.3, 0.4) is 0 Å². The van der Waals surface area contributed by atoms with E-state index in [1.54, 1.807) is 29.6 Å². The summed E-state index contributed by atoms with van der Waals surface area (Å²) in [5.74, 6) is 1.77. The monoisotopic (exact) mass is 483 g/mol. The molecule has 4 rings (SSSR count). The lowest BCUT2D eigenvalue weighted by Gasteiger charge is -2.17. The summed E-state index contributed by atoms with van der Waals surface area (Å²) in [6, 6.07) is 11.1. The van der Waals surface area contributed by atoms with Crippen LogP contribution < -0.4 is 14.8 Å². The molecular formula is C23H22ClN5O3S. The van der Waals surface area contributed by atoms with Gasteiger partial charge in [0.05, 0.1) is 33.7 Å². The molecule has 0 aliphatic carbocycles. The van der Waals surface area contributed by atoms with Gasteiger partial charge in [0.1, 0.15) is 36.9 Å². The lowest BCUT2D eigenvalue weighted by Crippen LogP contribution is -2.28. The van der Waals surface area contributed by atoms with Gasteiger partial charge in [-0.15, -0.1) is 11.3 Å². The number of hydrogen-bond acceptors (Lipinski definition) is 8. The Balaban J connectivity index is 1.52. The molecule has 0 saturated heterocycles. The molecule has 2 aromatic heterocycles. The van der Waals surface area contributed by atoms with Gasteiger partial charge in [0, 0.05) is 25.0 Å². The minimum atomic E-state index is -0.0156. The fourth-order valence-electron chi connectivity index (χ4n) is 3.04. The van der Waals surface area contributed by atoms with Gasteiger partial charge in [0.25, 0.3) is 0 Å². The SMILES string of the molecule is CC(=O)N(C)CCOc1cccc2ncnc(Nc3ccc(OCc4cscn4)c(Cl)c3)c12. The number of nitrogens with zero attached hydrogens (tertiary/aromatic N) is 4. The maximum Gasteiger partial charge on any atom is 0.219 e. The Kier molecular flexibility index (Phi) is 7.21. The number of benzene rings is 2. The van der Waals surface area contributed by atoms with Crippen molar-refractivity contribution in [2.45, 2.75) is 13.5 Å². The highest BCUT2D eigenvalue weighted by molar-refractivity contribution is 7.07. The zero-order chi connectivity index (χ0) is 23.2. The number of thiazole rings is 1. The standard InChI is InChI=1S/C23H22ClN5O3S/c1-15(30)29(2)8-9-31-21-5-3-4-19-22(21)23(26-13-25-19)28-16-6-7-20(18(24)10-16)32-11-17-12-33-14-27-17/h3-7,10,12-14H,8-9,11H2,1-2H3,(H,25,26,28). The fourth-order valence-corrected chi connectivity index (χ4v) is 3.81. The Morgan fingerprint density at radius 2 is 2.03 bits per heavy atom. The number of likely N-dealkylation sites (N-methyl/N-ethyl adjacent to an activating group) is 1. The number of carbonyl (C=O) groups excluding carboxylic acids is 1. The third-order valence-electron chi connectivity index (χ3n) is 4.90. The van der Waals surface area contributed by atoms with Crippen LogP contribution in [-0.2, 0) is 11.4 Å². The molecule has 0 bridgehead atoms. The summed E-state index contributed by atoms with van der Waals surface area (Å²) in [5.41, 5.74) is 4.10. The zero-order valence-electron chi connectivity index (χ0n) is 18.1. The van der Waals surface area contributed by atoms with Crippen LogP contribution in [0.25, 0.3) is 10.9 Å². The van der Waals surface area contributed by atoms with Gasteiger partial charge in [0.2, 0.25) is 5.91 Å². The molecule has 2 aromatic carbocycles. The van der Waals surface area contributed by atoms with E-state index in [0.717, 1.165) is 22.3 Å². The van der Waals surface area contributed by atoms with Crippen LogP contribution >= 0.6 is 22.9 Å².